The highest BCUT2D eigenvalue weighted by molar-refractivity contribution is 7.14. The molecule has 1 unspecified atom stereocenters. The van der Waals surface area contributed by atoms with Crippen molar-refractivity contribution in [2.75, 3.05) is 18.7 Å². The van der Waals surface area contributed by atoms with Crippen molar-refractivity contribution in [1.82, 2.24) is 4.98 Å². The predicted octanol–water partition coefficient (Wildman–Crippen LogP) is 4.04. The van der Waals surface area contributed by atoms with Crippen molar-refractivity contribution in [3.05, 3.63) is 53.4 Å². The van der Waals surface area contributed by atoms with Gasteiger partial charge < -0.3 is 19.5 Å². The lowest BCUT2D eigenvalue weighted by molar-refractivity contribution is -0.118. The molecule has 3 aromatic rings. The molecule has 0 fully saturated rings. The molecule has 3 heterocycles. The van der Waals surface area contributed by atoms with E-state index in [0.29, 0.717) is 23.9 Å². The number of fused-ring (bicyclic) bond motifs is 2. The summed E-state index contributed by atoms with van der Waals surface area (Å²) >= 11 is 1.40. The number of para-hydroxylation sites is 1. The van der Waals surface area contributed by atoms with E-state index in [-0.39, 0.29) is 18.6 Å². The van der Waals surface area contributed by atoms with E-state index in [1.54, 1.807) is 0 Å². The average Bonchev–Trinajstić information content (AvgIpc) is 3.36. The largest absolute Gasteiger partial charge is 0.493 e. The van der Waals surface area contributed by atoms with Gasteiger partial charge in [-0.25, -0.2) is 4.98 Å². The summed E-state index contributed by atoms with van der Waals surface area (Å²) in [6.07, 6.45) is 0.656. The predicted molar refractivity (Wildman–Crippen MR) is 102 cm³/mol. The summed E-state index contributed by atoms with van der Waals surface area (Å²) in [6.45, 7) is 0.777. The molecule has 27 heavy (non-hydrogen) atoms. The van der Waals surface area contributed by atoms with Crippen molar-refractivity contribution in [3.8, 4) is 28.5 Å². The molecule has 0 bridgehead atoms. The quantitative estimate of drug-likeness (QED) is 0.743. The average molecular weight is 380 g/mol. The maximum Gasteiger partial charge on any atom is 0.233 e. The number of ether oxygens (including phenoxy) is 3. The van der Waals surface area contributed by atoms with Crippen LogP contribution >= 0.6 is 11.3 Å². The first-order valence-electron chi connectivity index (χ1n) is 8.66. The Kier molecular flexibility index (Phi) is 3.94. The number of nitrogens with one attached hydrogen (secondary N) is 1. The third kappa shape index (κ3) is 3.00. The Labute approximate surface area is 159 Å². The molecule has 7 heteroatoms. The van der Waals surface area contributed by atoms with Crippen LogP contribution in [0, 0.1) is 0 Å². The summed E-state index contributed by atoms with van der Waals surface area (Å²) in [6, 6.07) is 13.4. The second-order valence-electron chi connectivity index (χ2n) is 6.32. The van der Waals surface area contributed by atoms with Gasteiger partial charge in [0, 0.05) is 16.5 Å². The minimum atomic E-state index is -0.229. The zero-order valence-electron chi connectivity index (χ0n) is 14.3. The molecule has 0 aliphatic carbocycles. The fourth-order valence-corrected chi connectivity index (χ4v) is 4.05. The van der Waals surface area contributed by atoms with Gasteiger partial charge in [-0.1, -0.05) is 18.2 Å². The first-order chi connectivity index (χ1) is 13.3. The number of amides is 1. The molecule has 5 rings (SSSR count). The van der Waals surface area contributed by atoms with Crippen molar-refractivity contribution in [3.63, 3.8) is 0 Å². The Balaban J connectivity index is 1.35. The molecule has 136 valence electrons. The maximum atomic E-state index is 12.8. The van der Waals surface area contributed by atoms with Gasteiger partial charge in [0.15, 0.2) is 16.6 Å². The Hall–Kier alpha value is -3.06. The zero-order chi connectivity index (χ0) is 18.2. The Morgan fingerprint density at radius 1 is 1.07 bits per heavy atom. The van der Waals surface area contributed by atoms with E-state index in [4.69, 9.17) is 14.2 Å². The van der Waals surface area contributed by atoms with Crippen LogP contribution < -0.4 is 19.5 Å². The molecule has 1 aromatic heterocycles. The summed E-state index contributed by atoms with van der Waals surface area (Å²) < 4.78 is 16.4. The van der Waals surface area contributed by atoms with Crippen molar-refractivity contribution < 1.29 is 19.0 Å². The summed E-state index contributed by atoms with van der Waals surface area (Å²) in [4.78, 5) is 17.3. The van der Waals surface area contributed by atoms with Gasteiger partial charge in [0.2, 0.25) is 12.7 Å². The van der Waals surface area contributed by atoms with Crippen LogP contribution in [-0.2, 0) is 4.79 Å². The third-order valence-electron chi connectivity index (χ3n) is 4.68. The molecule has 0 radical (unpaired) electrons. The first-order valence-corrected chi connectivity index (χ1v) is 9.54. The number of nitrogens with zero attached hydrogens (tertiary/aromatic N) is 1. The number of thiazole rings is 1. The van der Waals surface area contributed by atoms with Crippen molar-refractivity contribution in [2.24, 2.45) is 0 Å². The molecule has 1 atom stereocenters. The van der Waals surface area contributed by atoms with Gasteiger partial charge in [0.05, 0.1) is 18.2 Å². The molecule has 0 spiro atoms. The molecular weight excluding hydrogens is 364 g/mol. The van der Waals surface area contributed by atoms with Crippen molar-refractivity contribution in [2.45, 2.75) is 12.3 Å². The van der Waals surface area contributed by atoms with E-state index in [9.17, 15) is 4.79 Å². The summed E-state index contributed by atoms with van der Waals surface area (Å²) in [5.41, 5.74) is 2.64. The van der Waals surface area contributed by atoms with Crippen LogP contribution in [0.3, 0.4) is 0 Å². The highest BCUT2D eigenvalue weighted by Crippen LogP contribution is 2.37. The Morgan fingerprint density at radius 3 is 2.93 bits per heavy atom. The summed E-state index contributed by atoms with van der Waals surface area (Å²) in [5.74, 6) is 1.94. The van der Waals surface area contributed by atoms with Gasteiger partial charge in [0.1, 0.15) is 5.75 Å². The highest BCUT2D eigenvalue weighted by atomic mass is 32.1. The van der Waals surface area contributed by atoms with Crippen LogP contribution in [0.1, 0.15) is 17.9 Å². The number of hydrogen-bond acceptors (Lipinski definition) is 6. The fourth-order valence-electron chi connectivity index (χ4n) is 3.33. The smallest absolute Gasteiger partial charge is 0.233 e. The number of rotatable bonds is 3. The monoisotopic (exact) mass is 380 g/mol. The van der Waals surface area contributed by atoms with E-state index < -0.39 is 0 Å². The zero-order valence-corrected chi connectivity index (χ0v) is 15.1. The number of carbonyl (C=O) groups is 1. The third-order valence-corrected chi connectivity index (χ3v) is 5.44. The molecule has 2 aromatic carbocycles. The number of benzene rings is 2. The summed E-state index contributed by atoms with van der Waals surface area (Å²) in [5, 5.41) is 5.45. The van der Waals surface area contributed by atoms with Crippen LogP contribution in [0.2, 0.25) is 0 Å². The summed E-state index contributed by atoms with van der Waals surface area (Å²) in [7, 11) is 0. The molecule has 1 amide bonds. The van der Waals surface area contributed by atoms with Crippen LogP contribution in [0.4, 0.5) is 5.13 Å². The van der Waals surface area contributed by atoms with Gasteiger partial charge in [-0.3, -0.25) is 4.79 Å². The Bertz CT molecular complexity index is 1020. The van der Waals surface area contributed by atoms with Crippen LogP contribution in [0.25, 0.3) is 11.3 Å². The van der Waals surface area contributed by atoms with Crippen molar-refractivity contribution in [1.29, 1.82) is 0 Å². The second-order valence-corrected chi connectivity index (χ2v) is 7.18. The van der Waals surface area contributed by atoms with Crippen LogP contribution in [0.15, 0.2) is 47.8 Å². The minimum absolute atomic E-state index is 0.0580. The first kappa shape index (κ1) is 16.1. The van der Waals surface area contributed by atoms with Crippen LogP contribution in [0.5, 0.6) is 17.2 Å². The van der Waals surface area contributed by atoms with Gasteiger partial charge >= 0.3 is 0 Å². The van der Waals surface area contributed by atoms with Gasteiger partial charge in [0.25, 0.3) is 0 Å². The molecule has 2 aliphatic heterocycles. The Morgan fingerprint density at radius 2 is 1.96 bits per heavy atom. The molecule has 0 saturated heterocycles. The van der Waals surface area contributed by atoms with Gasteiger partial charge in [-0.05, 0) is 30.7 Å². The number of aromatic nitrogens is 1. The second kappa shape index (κ2) is 6.59. The molecular formula is C20H16N2O4S. The topological polar surface area (TPSA) is 69.7 Å². The molecule has 0 saturated carbocycles. The van der Waals surface area contributed by atoms with E-state index in [1.807, 2.05) is 47.8 Å². The van der Waals surface area contributed by atoms with Gasteiger partial charge in [-0.15, -0.1) is 11.3 Å². The lowest BCUT2D eigenvalue weighted by Gasteiger charge is -2.24. The number of hydrogen-bond donors (Lipinski definition) is 1. The normalized spacial score (nSPS) is 17.1. The standard InChI is InChI=1S/C20H16N2O4S/c23-19(14-7-8-24-16-4-2-1-3-13(14)16)22-20-21-15(10-27-20)12-5-6-17-18(9-12)26-11-25-17/h1-6,9-10,14H,7-8,11H2,(H,21,22,23). The lowest BCUT2D eigenvalue weighted by atomic mass is 9.92. The maximum absolute atomic E-state index is 12.8. The van der Waals surface area contributed by atoms with E-state index >= 15 is 0 Å². The van der Waals surface area contributed by atoms with E-state index in [1.165, 1.54) is 11.3 Å². The van der Waals surface area contributed by atoms with Crippen molar-refractivity contribution >= 4 is 22.4 Å². The SMILES string of the molecule is O=C(Nc1nc(-c2ccc3c(c2)OCO3)cs1)C1CCOc2ccccc21. The molecule has 6 nitrogen and oxygen atoms in total. The lowest BCUT2D eigenvalue weighted by Crippen LogP contribution is -2.26. The van der Waals surface area contributed by atoms with Crippen LogP contribution in [-0.4, -0.2) is 24.3 Å². The number of anilines is 1. The fraction of sp³-hybridized carbons (Fsp3) is 0.200. The van der Waals surface area contributed by atoms with Gasteiger partial charge in [-0.2, -0.15) is 0 Å². The molecule has 1 N–H and O–H groups in total. The highest BCUT2D eigenvalue weighted by Gasteiger charge is 2.28. The van der Waals surface area contributed by atoms with E-state index in [2.05, 4.69) is 10.3 Å². The van der Waals surface area contributed by atoms with E-state index in [0.717, 1.165) is 28.3 Å². The molecule has 2 aliphatic rings. The number of carbonyl (C=O) groups excluding carboxylic acids is 1. The minimum Gasteiger partial charge on any atom is -0.493 e.